The molecule has 84 valence electrons. The Hall–Kier alpha value is -2.22. The van der Waals surface area contributed by atoms with Crippen molar-refractivity contribution in [1.82, 2.24) is 0 Å². The second kappa shape index (κ2) is 5.61. The number of carboxylic acids is 1. The van der Waals surface area contributed by atoms with E-state index in [9.17, 15) is 4.79 Å². The summed E-state index contributed by atoms with van der Waals surface area (Å²) in [6, 6.07) is 6.30. The molecule has 1 aromatic rings. The Bertz CT molecular complexity index is 424. The molecule has 1 rings (SSSR count). The number of carboxylic acid groups (broad SMARTS) is 1. The largest absolute Gasteiger partial charge is 0.491 e. The molecule has 0 saturated heterocycles. The first-order valence-electron chi connectivity index (χ1n) is 4.77. The average molecular weight is 220 g/mol. The number of ether oxygens (including phenoxy) is 1. The first kappa shape index (κ1) is 11.9. The maximum absolute atomic E-state index is 10.6. The molecule has 0 heterocycles. The summed E-state index contributed by atoms with van der Waals surface area (Å²) in [5.74, 6) is -0.578. The van der Waals surface area contributed by atoms with Crippen LogP contribution in [0.15, 0.2) is 18.2 Å². The Labute approximate surface area is 93.1 Å². The van der Waals surface area contributed by atoms with Gasteiger partial charge in [0.05, 0.1) is 23.9 Å². The summed E-state index contributed by atoms with van der Waals surface area (Å²) in [6.07, 6.45) is 1.05. The third-order valence-corrected chi connectivity index (χ3v) is 1.95. The number of nitrogens with two attached hydrogens (primary N) is 1. The lowest BCUT2D eigenvalue weighted by Gasteiger charge is -2.08. The highest BCUT2D eigenvalue weighted by Crippen LogP contribution is 2.22. The van der Waals surface area contributed by atoms with E-state index < -0.39 is 5.97 Å². The van der Waals surface area contributed by atoms with Gasteiger partial charge in [-0.15, -0.1) is 0 Å². The lowest BCUT2D eigenvalue weighted by molar-refractivity contribution is 0.0697. The van der Waals surface area contributed by atoms with Crippen molar-refractivity contribution in [3.8, 4) is 11.8 Å². The quantitative estimate of drug-likeness (QED) is 0.581. The molecule has 0 spiro atoms. The van der Waals surface area contributed by atoms with Gasteiger partial charge in [-0.1, -0.05) is 0 Å². The predicted molar refractivity (Wildman–Crippen MR) is 58.2 cm³/mol. The Morgan fingerprint density at radius 2 is 2.31 bits per heavy atom. The highest BCUT2D eigenvalue weighted by molar-refractivity contribution is 5.89. The summed E-state index contributed by atoms with van der Waals surface area (Å²) in [5, 5.41) is 17.0. The van der Waals surface area contributed by atoms with E-state index in [1.807, 2.05) is 6.07 Å². The van der Waals surface area contributed by atoms with Crippen molar-refractivity contribution in [2.75, 3.05) is 12.3 Å². The number of aromatic carboxylic acids is 1. The smallest absolute Gasteiger partial charge is 0.335 e. The van der Waals surface area contributed by atoms with Crippen molar-refractivity contribution in [3.05, 3.63) is 23.8 Å². The Balaban J connectivity index is 2.62. The topological polar surface area (TPSA) is 96.3 Å². The summed E-state index contributed by atoms with van der Waals surface area (Å²) < 4.78 is 5.30. The predicted octanol–water partition coefficient (Wildman–Crippen LogP) is 1.65. The number of nitrogens with zero attached hydrogens (tertiary/aromatic N) is 1. The van der Waals surface area contributed by atoms with Crippen molar-refractivity contribution in [2.45, 2.75) is 12.8 Å². The molecule has 0 atom stereocenters. The van der Waals surface area contributed by atoms with E-state index in [4.69, 9.17) is 20.8 Å². The molecule has 5 nitrogen and oxygen atoms in total. The van der Waals surface area contributed by atoms with E-state index in [1.54, 1.807) is 0 Å². The molecule has 0 aromatic heterocycles. The molecule has 16 heavy (non-hydrogen) atoms. The maximum atomic E-state index is 10.6. The van der Waals surface area contributed by atoms with Crippen molar-refractivity contribution in [2.24, 2.45) is 0 Å². The molecule has 0 aliphatic rings. The highest BCUT2D eigenvalue weighted by Gasteiger charge is 2.06. The number of benzene rings is 1. The second-order valence-corrected chi connectivity index (χ2v) is 3.17. The third kappa shape index (κ3) is 3.17. The fourth-order valence-electron chi connectivity index (χ4n) is 1.15. The van der Waals surface area contributed by atoms with Gasteiger partial charge in [0.2, 0.25) is 0 Å². The average Bonchev–Trinajstić information content (AvgIpc) is 2.26. The number of hydrogen-bond donors (Lipinski definition) is 2. The van der Waals surface area contributed by atoms with Crippen LogP contribution in [0.5, 0.6) is 5.75 Å². The number of carbonyl (C=O) groups is 1. The Morgan fingerprint density at radius 3 is 2.88 bits per heavy atom. The van der Waals surface area contributed by atoms with Gasteiger partial charge in [0.25, 0.3) is 0 Å². The van der Waals surface area contributed by atoms with Gasteiger partial charge < -0.3 is 15.6 Å². The van der Waals surface area contributed by atoms with Crippen LogP contribution >= 0.6 is 0 Å². The van der Waals surface area contributed by atoms with Gasteiger partial charge in [-0.25, -0.2) is 4.79 Å². The molecule has 0 bridgehead atoms. The summed E-state index contributed by atoms with van der Waals surface area (Å²) >= 11 is 0. The van der Waals surface area contributed by atoms with E-state index in [-0.39, 0.29) is 11.3 Å². The zero-order valence-corrected chi connectivity index (χ0v) is 8.64. The van der Waals surface area contributed by atoms with Crippen LogP contribution in [0.1, 0.15) is 23.2 Å². The molecule has 0 amide bonds. The van der Waals surface area contributed by atoms with Crippen LogP contribution in [0.4, 0.5) is 5.69 Å². The van der Waals surface area contributed by atoms with E-state index in [0.717, 1.165) is 0 Å². The molecule has 3 N–H and O–H groups in total. The summed E-state index contributed by atoms with van der Waals surface area (Å²) in [4.78, 5) is 10.6. The minimum Gasteiger partial charge on any atom is -0.491 e. The second-order valence-electron chi connectivity index (χ2n) is 3.17. The molecule has 0 fully saturated rings. The zero-order chi connectivity index (χ0) is 12.0. The van der Waals surface area contributed by atoms with Crippen molar-refractivity contribution >= 4 is 11.7 Å². The third-order valence-electron chi connectivity index (χ3n) is 1.95. The molecular formula is C11H12N2O3. The van der Waals surface area contributed by atoms with E-state index >= 15 is 0 Å². The van der Waals surface area contributed by atoms with Crippen LogP contribution < -0.4 is 10.5 Å². The summed E-state index contributed by atoms with van der Waals surface area (Å²) in [6.45, 7) is 0.393. The SMILES string of the molecule is N#CCCCOc1ccc(C(=O)O)cc1N. The molecule has 0 aliphatic carbocycles. The van der Waals surface area contributed by atoms with Gasteiger partial charge in [-0.2, -0.15) is 5.26 Å². The van der Waals surface area contributed by atoms with Crippen molar-refractivity contribution in [1.29, 1.82) is 5.26 Å². The van der Waals surface area contributed by atoms with Crippen LogP contribution in [0, 0.1) is 11.3 Å². The number of unbranched alkanes of at least 4 members (excludes halogenated alkanes) is 1. The summed E-state index contributed by atoms with van der Waals surface area (Å²) in [5.41, 5.74) is 6.04. The fourth-order valence-corrected chi connectivity index (χ4v) is 1.15. The van der Waals surface area contributed by atoms with Gasteiger partial charge in [0.15, 0.2) is 0 Å². The van der Waals surface area contributed by atoms with Gasteiger partial charge in [0, 0.05) is 6.42 Å². The standard InChI is InChI=1S/C11H12N2O3/c12-5-1-2-6-16-10-4-3-8(11(14)15)7-9(10)13/h3-4,7H,1-2,6,13H2,(H,14,15). The van der Waals surface area contributed by atoms with Gasteiger partial charge in [-0.05, 0) is 24.6 Å². The molecule has 1 aromatic carbocycles. The van der Waals surface area contributed by atoms with Crippen molar-refractivity contribution < 1.29 is 14.6 Å². The van der Waals surface area contributed by atoms with Crippen LogP contribution in [0.25, 0.3) is 0 Å². The van der Waals surface area contributed by atoms with Gasteiger partial charge in [-0.3, -0.25) is 0 Å². The van der Waals surface area contributed by atoms with E-state index in [0.29, 0.717) is 25.2 Å². The number of rotatable bonds is 5. The minimum atomic E-state index is -1.03. The Morgan fingerprint density at radius 1 is 1.56 bits per heavy atom. The molecule has 5 heteroatoms. The fraction of sp³-hybridized carbons (Fsp3) is 0.273. The normalized spacial score (nSPS) is 9.44. The number of nitriles is 1. The lowest BCUT2D eigenvalue weighted by atomic mass is 10.2. The lowest BCUT2D eigenvalue weighted by Crippen LogP contribution is -2.02. The van der Waals surface area contributed by atoms with Gasteiger partial charge >= 0.3 is 5.97 Å². The van der Waals surface area contributed by atoms with E-state index in [2.05, 4.69) is 0 Å². The van der Waals surface area contributed by atoms with Crippen LogP contribution in [0.2, 0.25) is 0 Å². The van der Waals surface area contributed by atoms with Crippen LogP contribution in [-0.2, 0) is 0 Å². The van der Waals surface area contributed by atoms with Gasteiger partial charge in [0.1, 0.15) is 5.75 Å². The van der Waals surface area contributed by atoms with Crippen LogP contribution in [-0.4, -0.2) is 17.7 Å². The Kier molecular flexibility index (Phi) is 4.16. The number of hydrogen-bond acceptors (Lipinski definition) is 4. The minimum absolute atomic E-state index is 0.127. The summed E-state index contributed by atoms with van der Waals surface area (Å²) in [7, 11) is 0. The molecule has 0 aliphatic heterocycles. The first-order valence-corrected chi connectivity index (χ1v) is 4.77. The van der Waals surface area contributed by atoms with Crippen molar-refractivity contribution in [3.63, 3.8) is 0 Å². The highest BCUT2D eigenvalue weighted by atomic mass is 16.5. The van der Waals surface area contributed by atoms with E-state index in [1.165, 1.54) is 18.2 Å². The molecule has 0 saturated carbocycles. The maximum Gasteiger partial charge on any atom is 0.335 e. The molecular weight excluding hydrogens is 208 g/mol. The first-order chi connectivity index (χ1) is 7.65. The number of anilines is 1. The molecule has 0 unspecified atom stereocenters. The zero-order valence-electron chi connectivity index (χ0n) is 8.64. The monoisotopic (exact) mass is 220 g/mol. The molecule has 0 radical (unpaired) electrons. The number of nitrogen functional groups attached to an aromatic ring is 1. The van der Waals surface area contributed by atoms with Crippen LogP contribution in [0.3, 0.4) is 0 Å².